The van der Waals surface area contributed by atoms with Crippen LogP contribution in [-0.4, -0.2) is 64.5 Å². The maximum absolute atomic E-state index is 13.6. The predicted octanol–water partition coefficient (Wildman–Crippen LogP) is 4.11. The smallest absolute Gasteiger partial charge is 0.137 e. The number of nitrogens with zero attached hydrogens (tertiary/aromatic N) is 5. The highest BCUT2D eigenvalue weighted by molar-refractivity contribution is 5.56. The minimum Gasteiger partial charge on any atom is -0.507 e. The Balaban J connectivity index is 1.70. The summed E-state index contributed by atoms with van der Waals surface area (Å²) in [6, 6.07) is 12.4. The molecule has 33 heavy (non-hydrogen) atoms. The van der Waals surface area contributed by atoms with Gasteiger partial charge in [-0.05, 0) is 57.3 Å². The number of para-hydroxylation sites is 1. The highest BCUT2D eigenvalue weighted by Crippen LogP contribution is 2.31. The number of halogens is 1. The molecule has 0 unspecified atom stereocenters. The van der Waals surface area contributed by atoms with Crippen LogP contribution in [0.4, 0.5) is 10.2 Å². The molecular formula is C26H34FN5O. The van der Waals surface area contributed by atoms with Crippen molar-refractivity contribution < 1.29 is 9.50 Å². The van der Waals surface area contributed by atoms with Gasteiger partial charge in [0.05, 0.1) is 11.4 Å². The molecule has 1 saturated heterocycles. The molecule has 3 aromatic rings. The maximum atomic E-state index is 13.6. The molecule has 1 aliphatic rings. The van der Waals surface area contributed by atoms with Crippen LogP contribution in [-0.2, 0) is 13.1 Å². The van der Waals surface area contributed by atoms with E-state index in [-0.39, 0.29) is 5.82 Å². The first-order valence-corrected chi connectivity index (χ1v) is 11.6. The Morgan fingerprint density at radius 1 is 1.00 bits per heavy atom. The van der Waals surface area contributed by atoms with Crippen molar-refractivity contribution in [2.24, 2.45) is 0 Å². The molecular weight excluding hydrogens is 417 g/mol. The van der Waals surface area contributed by atoms with Gasteiger partial charge in [-0.25, -0.2) is 9.07 Å². The van der Waals surface area contributed by atoms with Gasteiger partial charge >= 0.3 is 0 Å². The summed E-state index contributed by atoms with van der Waals surface area (Å²) in [5.74, 6) is 1.20. The molecule has 2 aromatic carbocycles. The molecule has 1 N–H and O–H groups in total. The summed E-state index contributed by atoms with van der Waals surface area (Å²) in [6.45, 7) is 12.2. The number of phenols is 1. The number of rotatable bonds is 7. The van der Waals surface area contributed by atoms with E-state index in [1.54, 1.807) is 12.1 Å². The third-order valence-electron chi connectivity index (χ3n) is 6.58. The molecule has 0 radical (unpaired) electrons. The molecule has 7 heteroatoms. The molecule has 1 aromatic heterocycles. The fraction of sp³-hybridized carbons (Fsp3) is 0.423. The lowest BCUT2D eigenvalue weighted by Gasteiger charge is -2.35. The van der Waals surface area contributed by atoms with Gasteiger partial charge in [-0.15, -0.1) is 0 Å². The third kappa shape index (κ3) is 5.04. The van der Waals surface area contributed by atoms with Gasteiger partial charge in [-0.1, -0.05) is 25.1 Å². The minimum absolute atomic E-state index is 0.251. The highest BCUT2D eigenvalue weighted by Gasteiger charge is 2.26. The van der Waals surface area contributed by atoms with E-state index in [0.717, 1.165) is 67.6 Å². The number of anilines is 1. The number of benzene rings is 2. The zero-order chi connectivity index (χ0) is 23.5. The summed E-state index contributed by atoms with van der Waals surface area (Å²) in [5.41, 5.74) is 4.83. The molecule has 1 aliphatic heterocycles. The highest BCUT2D eigenvalue weighted by atomic mass is 19.1. The number of aromatic nitrogens is 2. The van der Waals surface area contributed by atoms with Crippen molar-refractivity contribution in [3.63, 3.8) is 0 Å². The van der Waals surface area contributed by atoms with E-state index in [1.165, 1.54) is 17.7 Å². The standard InChI is InChI=1S/C26H34FN5O/c1-5-30(17-21-8-6-7-19(2)25(21)33)18-24-20(3)28-32(23-11-9-22(27)10-12-23)26(24)31-15-13-29(4)14-16-31/h6-12,33H,5,13-18H2,1-4H3. The number of hydrogen-bond donors (Lipinski definition) is 1. The van der Waals surface area contributed by atoms with Crippen LogP contribution in [0.15, 0.2) is 42.5 Å². The quantitative estimate of drug-likeness (QED) is 0.586. The summed E-state index contributed by atoms with van der Waals surface area (Å²) in [6.07, 6.45) is 0. The van der Waals surface area contributed by atoms with Crippen LogP contribution < -0.4 is 4.90 Å². The van der Waals surface area contributed by atoms with Crippen molar-refractivity contribution >= 4 is 5.82 Å². The van der Waals surface area contributed by atoms with Crippen LogP contribution in [0.1, 0.15) is 29.3 Å². The average Bonchev–Trinajstić information content (AvgIpc) is 3.13. The zero-order valence-electron chi connectivity index (χ0n) is 20.1. The van der Waals surface area contributed by atoms with Crippen molar-refractivity contribution in [3.8, 4) is 11.4 Å². The largest absolute Gasteiger partial charge is 0.507 e. The van der Waals surface area contributed by atoms with Gasteiger partial charge in [0.15, 0.2) is 0 Å². The monoisotopic (exact) mass is 451 g/mol. The number of hydrogen-bond acceptors (Lipinski definition) is 5. The number of piperazine rings is 1. The van der Waals surface area contributed by atoms with Crippen LogP contribution in [0.2, 0.25) is 0 Å². The maximum Gasteiger partial charge on any atom is 0.137 e. The Labute approximate surface area is 195 Å². The van der Waals surface area contributed by atoms with Crippen molar-refractivity contribution in [2.75, 3.05) is 44.7 Å². The number of aromatic hydroxyl groups is 1. The van der Waals surface area contributed by atoms with E-state index in [1.807, 2.05) is 36.7 Å². The summed E-state index contributed by atoms with van der Waals surface area (Å²) in [4.78, 5) is 7.06. The average molecular weight is 452 g/mol. The molecule has 0 spiro atoms. The van der Waals surface area contributed by atoms with E-state index < -0.39 is 0 Å². The molecule has 2 heterocycles. The van der Waals surface area contributed by atoms with E-state index >= 15 is 0 Å². The van der Waals surface area contributed by atoms with Crippen LogP contribution in [0, 0.1) is 19.7 Å². The van der Waals surface area contributed by atoms with Gasteiger partial charge < -0.3 is 14.9 Å². The second-order valence-electron chi connectivity index (χ2n) is 8.95. The van der Waals surface area contributed by atoms with Gasteiger partial charge in [0.25, 0.3) is 0 Å². The van der Waals surface area contributed by atoms with Crippen molar-refractivity contribution in [3.05, 3.63) is 70.7 Å². The molecule has 0 amide bonds. The molecule has 0 aliphatic carbocycles. The van der Waals surface area contributed by atoms with Gasteiger partial charge in [-0.2, -0.15) is 5.10 Å². The SMILES string of the molecule is CCN(Cc1cccc(C)c1O)Cc1c(C)nn(-c2ccc(F)cc2)c1N1CCN(C)CC1. The van der Waals surface area contributed by atoms with Crippen molar-refractivity contribution in [1.29, 1.82) is 0 Å². The Bertz CT molecular complexity index is 1090. The topological polar surface area (TPSA) is 47.8 Å². The fourth-order valence-electron chi connectivity index (χ4n) is 4.43. The van der Waals surface area contributed by atoms with E-state index in [9.17, 15) is 9.50 Å². The van der Waals surface area contributed by atoms with Gasteiger partial charge in [0.2, 0.25) is 0 Å². The van der Waals surface area contributed by atoms with Gasteiger partial charge in [0.1, 0.15) is 17.4 Å². The number of aryl methyl sites for hydroxylation is 2. The normalized spacial score (nSPS) is 14.9. The van der Waals surface area contributed by atoms with Crippen LogP contribution in [0.5, 0.6) is 5.75 Å². The second-order valence-corrected chi connectivity index (χ2v) is 8.95. The second kappa shape index (κ2) is 9.93. The van der Waals surface area contributed by atoms with Crippen molar-refractivity contribution in [1.82, 2.24) is 19.6 Å². The first kappa shape index (κ1) is 23.3. The Morgan fingerprint density at radius 2 is 1.70 bits per heavy atom. The summed E-state index contributed by atoms with van der Waals surface area (Å²) >= 11 is 0. The zero-order valence-corrected chi connectivity index (χ0v) is 20.1. The predicted molar refractivity (Wildman–Crippen MR) is 131 cm³/mol. The number of phenolic OH excluding ortho intramolecular Hbond substituents is 1. The van der Waals surface area contributed by atoms with Crippen molar-refractivity contribution in [2.45, 2.75) is 33.9 Å². The van der Waals surface area contributed by atoms with E-state index in [0.29, 0.717) is 12.3 Å². The van der Waals surface area contributed by atoms with E-state index in [4.69, 9.17) is 5.10 Å². The summed E-state index contributed by atoms with van der Waals surface area (Å²) < 4.78 is 15.6. The molecule has 4 rings (SSSR count). The molecule has 0 saturated carbocycles. The molecule has 0 bridgehead atoms. The molecule has 0 atom stereocenters. The number of likely N-dealkylation sites (N-methyl/N-ethyl adjacent to an activating group) is 1. The first-order valence-electron chi connectivity index (χ1n) is 11.6. The van der Waals surface area contributed by atoms with Gasteiger partial charge in [0, 0.05) is 50.4 Å². The van der Waals surface area contributed by atoms with Crippen LogP contribution in [0.3, 0.4) is 0 Å². The Morgan fingerprint density at radius 3 is 2.36 bits per heavy atom. The van der Waals surface area contributed by atoms with E-state index in [2.05, 4.69) is 28.7 Å². The molecule has 176 valence electrons. The van der Waals surface area contributed by atoms with Crippen LogP contribution in [0.25, 0.3) is 5.69 Å². The molecule has 1 fully saturated rings. The lowest BCUT2D eigenvalue weighted by atomic mass is 10.1. The minimum atomic E-state index is -0.251. The fourth-order valence-corrected chi connectivity index (χ4v) is 4.43. The summed E-state index contributed by atoms with van der Waals surface area (Å²) in [5, 5.41) is 15.4. The Hall–Kier alpha value is -2.90. The Kier molecular flexibility index (Phi) is 7.00. The summed E-state index contributed by atoms with van der Waals surface area (Å²) in [7, 11) is 2.15. The lowest BCUT2D eigenvalue weighted by Crippen LogP contribution is -2.45. The van der Waals surface area contributed by atoms with Crippen LogP contribution >= 0.6 is 0 Å². The first-order chi connectivity index (χ1) is 15.9. The molecule has 6 nitrogen and oxygen atoms in total. The lowest BCUT2D eigenvalue weighted by molar-refractivity contribution is 0.266. The van der Waals surface area contributed by atoms with Gasteiger partial charge in [-0.3, -0.25) is 4.90 Å². The third-order valence-corrected chi connectivity index (χ3v) is 6.58.